The zero-order valence-corrected chi connectivity index (χ0v) is 18.7. The Morgan fingerprint density at radius 1 is 1.26 bits per heavy atom. The molecule has 0 saturated heterocycles. The zero-order chi connectivity index (χ0) is 21.8. The minimum atomic E-state index is -0.103. The van der Waals surface area contributed by atoms with Gasteiger partial charge >= 0.3 is 0 Å². The lowest BCUT2D eigenvalue weighted by molar-refractivity contribution is 0.0951. The Bertz CT molecular complexity index is 1130. The smallest absolute Gasteiger partial charge is 0.254 e. The molecule has 2 aromatic carbocycles. The van der Waals surface area contributed by atoms with E-state index < -0.39 is 0 Å². The first-order chi connectivity index (χ1) is 15.1. The van der Waals surface area contributed by atoms with E-state index in [1.165, 1.54) is 12.0 Å². The Labute approximate surface area is 190 Å². The fraction of sp³-hybridized carbons (Fsp3) is 0.250. The molecule has 0 spiro atoms. The van der Waals surface area contributed by atoms with E-state index in [-0.39, 0.29) is 22.4 Å². The zero-order valence-electron chi connectivity index (χ0n) is 17.2. The van der Waals surface area contributed by atoms with Crippen LogP contribution in [0.5, 0.6) is 11.5 Å². The molecule has 3 aromatic rings. The lowest BCUT2D eigenvalue weighted by Crippen LogP contribution is -2.24. The Morgan fingerprint density at radius 2 is 2.03 bits per heavy atom. The maximum absolute atomic E-state index is 13.1. The van der Waals surface area contributed by atoms with Crippen molar-refractivity contribution < 1.29 is 14.6 Å². The summed E-state index contributed by atoms with van der Waals surface area (Å²) in [6.45, 7) is 0.470. The Hall–Kier alpha value is -2.83. The van der Waals surface area contributed by atoms with Crippen molar-refractivity contribution in [2.24, 2.45) is 4.99 Å². The molecule has 5 nitrogen and oxygen atoms in total. The van der Waals surface area contributed by atoms with Crippen molar-refractivity contribution in [3.63, 3.8) is 0 Å². The monoisotopic (exact) mass is 454 g/mol. The Kier molecular flexibility index (Phi) is 6.59. The number of hydrogen-bond acceptors (Lipinski definition) is 5. The number of methoxy groups -OCH3 is 1. The second kappa shape index (κ2) is 9.54. The average molecular weight is 455 g/mol. The van der Waals surface area contributed by atoms with E-state index in [4.69, 9.17) is 16.3 Å². The lowest BCUT2D eigenvalue weighted by atomic mass is 9.95. The summed E-state index contributed by atoms with van der Waals surface area (Å²) in [5.74, 6) is 0.0749. The number of rotatable bonds is 6. The van der Waals surface area contributed by atoms with Gasteiger partial charge < -0.3 is 15.2 Å². The van der Waals surface area contributed by atoms with Gasteiger partial charge in [-0.25, -0.2) is 4.99 Å². The van der Waals surface area contributed by atoms with Crippen LogP contribution in [0, 0.1) is 0 Å². The van der Waals surface area contributed by atoms with Gasteiger partial charge in [0.25, 0.3) is 5.91 Å². The van der Waals surface area contributed by atoms with Crippen LogP contribution in [0.25, 0.3) is 0 Å². The number of aromatic hydroxyl groups is 1. The number of aryl methyl sites for hydroxylation is 1. The first-order valence-corrected chi connectivity index (χ1v) is 11.3. The molecule has 1 aliphatic carbocycles. The van der Waals surface area contributed by atoms with Crippen molar-refractivity contribution in [3.05, 3.63) is 74.6 Å². The van der Waals surface area contributed by atoms with Crippen molar-refractivity contribution in [1.82, 2.24) is 5.32 Å². The molecular formula is C24H23ClN2O3S. The number of thiophene rings is 1. The van der Waals surface area contributed by atoms with E-state index in [1.54, 1.807) is 29.7 Å². The lowest BCUT2D eigenvalue weighted by Gasteiger charge is -2.12. The number of fused-ring (bicyclic) bond motifs is 1. The van der Waals surface area contributed by atoms with E-state index in [2.05, 4.69) is 10.3 Å². The predicted molar refractivity (Wildman–Crippen MR) is 125 cm³/mol. The van der Waals surface area contributed by atoms with Gasteiger partial charge in [-0.15, -0.1) is 11.3 Å². The number of hydrogen-bond donors (Lipinski definition) is 2. The molecule has 0 radical (unpaired) electrons. The summed E-state index contributed by atoms with van der Waals surface area (Å²) >= 11 is 7.67. The molecule has 4 rings (SSSR count). The maximum atomic E-state index is 13.1. The van der Waals surface area contributed by atoms with Gasteiger partial charge in [-0.3, -0.25) is 4.79 Å². The number of amides is 1. The van der Waals surface area contributed by atoms with Crippen molar-refractivity contribution in [1.29, 1.82) is 0 Å². The molecule has 0 atom stereocenters. The summed E-state index contributed by atoms with van der Waals surface area (Å²) in [5.41, 5.74) is 3.52. The van der Waals surface area contributed by atoms with Gasteiger partial charge in [-0.1, -0.05) is 41.9 Å². The molecule has 0 unspecified atom stereocenters. The number of aliphatic imine (C=N–C) groups is 1. The van der Waals surface area contributed by atoms with E-state index >= 15 is 0 Å². The van der Waals surface area contributed by atoms with Crippen molar-refractivity contribution >= 4 is 40.1 Å². The molecule has 31 heavy (non-hydrogen) atoms. The SMILES string of the molecule is COc1cc(/C=N\c2sc3c(c2C(=O)NCc2ccccc2)CCCC3)cc(Cl)c1O. The van der Waals surface area contributed by atoms with Gasteiger partial charge in [0.05, 0.1) is 17.7 Å². The third-order valence-corrected chi connectivity index (χ3v) is 6.77. The Morgan fingerprint density at radius 3 is 2.81 bits per heavy atom. The number of phenolic OH excluding ortho intramolecular Hbond substituents is 1. The Balaban J connectivity index is 1.63. The van der Waals surface area contributed by atoms with Gasteiger partial charge in [0.1, 0.15) is 5.00 Å². The highest BCUT2D eigenvalue weighted by molar-refractivity contribution is 7.16. The quantitative estimate of drug-likeness (QED) is 0.471. The summed E-state index contributed by atoms with van der Waals surface area (Å²) < 4.78 is 5.16. The molecule has 0 saturated carbocycles. The van der Waals surface area contributed by atoms with E-state index in [9.17, 15) is 9.90 Å². The maximum Gasteiger partial charge on any atom is 0.254 e. The molecule has 0 bridgehead atoms. The highest BCUT2D eigenvalue weighted by atomic mass is 35.5. The van der Waals surface area contributed by atoms with Gasteiger partial charge in [-0.05, 0) is 54.5 Å². The molecular weight excluding hydrogens is 432 g/mol. The average Bonchev–Trinajstić information content (AvgIpc) is 3.17. The van der Waals surface area contributed by atoms with Gasteiger partial charge in [-0.2, -0.15) is 0 Å². The number of benzene rings is 2. The summed E-state index contributed by atoms with van der Waals surface area (Å²) in [7, 11) is 1.47. The van der Waals surface area contributed by atoms with Gasteiger partial charge in [0.2, 0.25) is 0 Å². The van der Waals surface area contributed by atoms with Crippen molar-refractivity contribution in [2.75, 3.05) is 7.11 Å². The largest absolute Gasteiger partial charge is 0.503 e. The number of halogens is 1. The van der Waals surface area contributed by atoms with E-state index in [1.807, 2.05) is 30.3 Å². The van der Waals surface area contributed by atoms with Crippen LogP contribution in [0.1, 0.15) is 44.8 Å². The highest BCUT2D eigenvalue weighted by Crippen LogP contribution is 2.40. The fourth-order valence-corrected chi connectivity index (χ4v) is 5.15. The number of ether oxygens (including phenoxy) is 1. The van der Waals surface area contributed by atoms with Crippen LogP contribution in [0.2, 0.25) is 5.02 Å². The second-order valence-corrected chi connectivity index (χ2v) is 8.86. The highest BCUT2D eigenvalue weighted by Gasteiger charge is 2.25. The molecule has 0 aliphatic heterocycles. The first kappa shape index (κ1) is 21.4. The summed E-state index contributed by atoms with van der Waals surface area (Å²) in [5, 5.41) is 13.9. The summed E-state index contributed by atoms with van der Waals surface area (Å²) in [6, 6.07) is 13.1. The van der Waals surface area contributed by atoms with Gasteiger partial charge in [0.15, 0.2) is 11.5 Å². The molecule has 1 aromatic heterocycles. The number of phenols is 1. The minimum Gasteiger partial charge on any atom is -0.503 e. The first-order valence-electron chi connectivity index (χ1n) is 10.1. The second-order valence-electron chi connectivity index (χ2n) is 7.37. The van der Waals surface area contributed by atoms with Crippen LogP contribution in [0.3, 0.4) is 0 Å². The number of carbonyl (C=O) groups is 1. The molecule has 0 fully saturated rings. The van der Waals surface area contributed by atoms with Crippen LogP contribution in [0.4, 0.5) is 5.00 Å². The summed E-state index contributed by atoms with van der Waals surface area (Å²) in [6.07, 6.45) is 5.74. The fourth-order valence-electron chi connectivity index (χ4n) is 3.70. The van der Waals surface area contributed by atoms with Crippen molar-refractivity contribution in [3.8, 4) is 11.5 Å². The van der Waals surface area contributed by atoms with Crippen LogP contribution in [-0.2, 0) is 19.4 Å². The van der Waals surface area contributed by atoms with Crippen molar-refractivity contribution in [2.45, 2.75) is 32.2 Å². The topological polar surface area (TPSA) is 70.9 Å². The standard InChI is InChI=1S/C24H23ClN2O3S/c1-30-19-12-16(11-18(25)22(19)28)14-27-24-21(17-9-5-6-10-20(17)31-24)23(29)26-13-15-7-3-2-4-8-15/h2-4,7-8,11-12,14,28H,5-6,9-10,13H2,1H3,(H,26,29)/b27-14-. The third kappa shape index (κ3) is 4.75. The van der Waals surface area contributed by atoms with E-state index in [0.717, 1.165) is 36.8 Å². The van der Waals surface area contributed by atoms with E-state index in [0.29, 0.717) is 22.7 Å². The van der Waals surface area contributed by atoms with Crippen LogP contribution < -0.4 is 10.1 Å². The number of nitrogens with one attached hydrogen (secondary N) is 1. The third-order valence-electron chi connectivity index (χ3n) is 5.28. The number of nitrogens with zero attached hydrogens (tertiary/aromatic N) is 1. The van der Waals surface area contributed by atoms with Crippen LogP contribution in [0.15, 0.2) is 47.5 Å². The molecule has 1 heterocycles. The molecule has 160 valence electrons. The predicted octanol–water partition coefficient (Wildman–Crippen LogP) is 5.68. The molecule has 1 amide bonds. The summed E-state index contributed by atoms with van der Waals surface area (Å²) in [4.78, 5) is 19.0. The minimum absolute atomic E-state index is 0.100. The van der Waals surface area contributed by atoms with Crippen LogP contribution in [-0.4, -0.2) is 24.3 Å². The normalized spacial score (nSPS) is 13.2. The number of carbonyl (C=O) groups excluding carboxylic acids is 1. The van der Waals surface area contributed by atoms with Crippen LogP contribution >= 0.6 is 22.9 Å². The molecule has 7 heteroatoms. The molecule has 2 N–H and O–H groups in total. The molecule has 1 aliphatic rings. The van der Waals surface area contributed by atoms with Gasteiger partial charge in [0, 0.05) is 17.6 Å².